The molecule has 7 nitrogen and oxygen atoms in total. The molecule has 2 spiro atoms. The van der Waals surface area contributed by atoms with E-state index in [4.69, 9.17) is 4.74 Å². The zero-order valence-corrected chi connectivity index (χ0v) is 33.7. The molecule has 304 valence electrons. The Hall–Kier alpha value is -3.56. The first-order valence-corrected chi connectivity index (χ1v) is 21.7. The number of Topliss-reactive ketones (excluding diaryl/α,β-unsaturated/α-hetero) is 1. The number of allylic oxidation sites excluding steroid dienone is 4. The molecule has 57 heavy (non-hydrogen) atoms. The van der Waals surface area contributed by atoms with Crippen LogP contribution in [0.3, 0.4) is 0 Å². The van der Waals surface area contributed by atoms with Crippen molar-refractivity contribution in [3.8, 4) is 5.75 Å². The Labute approximate surface area is 335 Å². The molecule has 0 aliphatic heterocycles. The number of ether oxygens (including phenoxy) is 1. The largest absolute Gasteiger partial charge is 0.497 e. The highest BCUT2D eigenvalue weighted by Crippen LogP contribution is 2.78. The van der Waals surface area contributed by atoms with Crippen molar-refractivity contribution < 1.29 is 33.3 Å². The number of nitrogens with zero attached hydrogens (tertiary/aromatic N) is 1. The van der Waals surface area contributed by atoms with Crippen LogP contribution in [0, 0.1) is 68.3 Å². The first-order chi connectivity index (χ1) is 27.1. The number of carbonyl (C=O) groups is 2. The summed E-state index contributed by atoms with van der Waals surface area (Å²) in [5.41, 5.74) is -2.01. The number of halogens is 2. The lowest BCUT2D eigenvalue weighted by Crippen LogP contribution is -2.67. The van der Waals surface area contributed by atoms with E-state index in [1.54, 1.807) is 7.11 Å². The van der Waals surface area contributed by atoms with Crippen LogP contribution in [0.15, 0.2) is 66.3 Å². The number of hydrogen-bond acceptors (Lipinski definition) is 5. The zero-order valence-electron chi connectivity index (χ0n) is 33.7. The molecule has 0 saturated heterocycles. The molecule has 0 radical (unpaired) electrons. The normalized spacial score (nSPS) is 43.2. The number of aliphatic hydroxyl groups excluding tert-OH is 1. The minimum Gasteiger partial charge on any atom is -0.497 e. The highest BCUT2D eigenvalue weighted by Gasteiger charge is 2.74. The molecule has 7 saturated carbocycles. The average Bonchev–Trinajstić information content (AvgIpc) is 3.44. The standard InChI is InChI=1S/C48H58F2N2O5/c1-43-13-10-34(53)25-46(43)16-17-48(36(26-46)41(54)32-4-9-37(49)38(50)21-32)39(43)11-14-44(2)40(48)12-15-47(44,56)28-52(42(55)51-33-5-7-35(57-3)8-6-33)27-45-22-29-18-30(23-45)20-31(19-29)24-45/h4-9,16-17,21,26,29-31,34,39-40,53,56H,10-15,18-20,22-25,27-28H2,1-3H3,(H,51,55). The maximum atomic E-state index is 14.9. The Morgan fingerprint density at radius 1 is 0.825 bits per heavy atom. The number of carbonyl (C=O) groups excluding carboxylic acids is 2. The monoisotopic (exact) mass is 780 g/mol. The number of ketones is 1. The van der Waals surface area contributed by atoms with Crippen molar-refractivity contribution in [3.05, 3.63) is 83.5 Å². The summed E-state index contributed by atoms with van der Waals surface area (Å²) in [6, 6.07) is 10.6. The molecule has 8 unspecified atom stereocenters. The Balaban J connectivity index is 1.03. The van der Waals surface area contributed by atoms with Crippen LogP contribution in [0.4, 0.5) is 19.3 Å². The van der Waals surface area contributed by atoms with Crippen LogP contribution in [0.5, 0.6) is 5.75 Å². The van der Waals surface area contributed by atoms with Gasteiger partial charge in [-0.05, 0) is 166 Å². The van der Waals surface area contributed by atoms with Gasteiger partial charge in [-0.2, -0.15) is 0 Å². The summed E-state index contributed by atoms with van der Waals surface area (Å²) in [6.45, 7) is 5.32. The van der Waals surface area contributed by atoms with Gasteiger partial charge in [-0.25, -0.2) is 13.6 Å². The third-order valence-corrected chi connectivity index (χ3v) is 17.9. The van der Waals surface area contributed by atoms with E-state index >= 15 is 0 Å². The fourth-order valence-corrected chi connectivity index (χ4v) is 15.7. The lowest BCUT2D eigenvalue weighted by molar-refractivity contribution is -0.176. The molecule has 12 rings (SSSR count). The van der Waals surface area contributed by atoms with Gasteiger partial charge in [0.1, 0.15) is 5.75 Å². The first kappa shape index (κ1) is 37.7. The summed E-state index contributed by atoms with van der Waals surface area (Å²) in [4.78, 5) is 31.5. The maximum absolute atomic E-state index is 14.9. The van der Waals surface area contributed by atoms with E-state index in [2.05, 4.69) is 37.4 Å². The highest BCUT2D eigenvalue weighted by atomic mass is 19.2. The van der Waals surface area contributed by atoms with Crippen LogP contribution in [0.2, 0.25) is 0 Å². The van der Waals surface area contributed by atoms with Crippen LogP contribution in [0.25, 0.3) is 0 Å². The van der Waals surface area contributed by atoms with E-state index in [0.29, 0.717) is 67.0 Å². The van der Waals surface area contributed by atoms with Gasteiger partial charge in [0.2, 0.25) is 0 Å². The number of hydrogen-bond donors (Lipinski definition) is 3. The fraction of sp³-hybridized carbons (Fsp3) is 0.625. The number of urea groups is 1. The molecular weight excluding hydrogens is 723 g/mol. The number of rotatable bonds is 8. The number of anilines is 1. The number of methoxy groups -OCH3 is 1. The van der Waals surface area contributed by atoms with Gasteiger partial charge in [0, 0.05) is 39.6 Å². The Bertz CT molecular complexity index is 2030. The number of nitrogens with one attached hydrogen (secondary N) is 1. The molecule has 10 aliphatic rings. The second-order valence-electron chi connectivity index (χ2n) is 20.7. The van der Waals surface area contributed by atoms with E-state index in [-0.39, 0.29) is 46.6 Å². The number of amides is 2. The minimum atomic E-state index is -1.24. The summed E-state index contributed by atoms with van der Waals surface area (Å²) in [5, 5.41) is 27.6. The fourth-order valence-electron chi connectivity index (χ4n) is 15.7. The van der Waals surface area contributed by atoms with Crippen LogP contribution in [0.1, 0.15) is 108 Å². The molecule has 7 fully saturated rings. The predicted molar refractivity (Wildman–Crippen MR) is 213 cm³/mol. The third kappa shape index (κ3) is 5.38. The number of benzene rings is 2. The van der Waals surface area contributed by atoms with Gasteiger partial charge in [0.15, 0.2) is 17.4 Å². The molecule has 3 N–H and O–H groups in total. The second kappa shape index (κ2) is 12.7. The SMILES string of the molecule is COc1ccc(NC(=O)N(CC23CC4CC(CC(C4)C2)C3)CC2(O)CCC3C45C=CC6(C=C4C(=O)c4ccc(F)c(F)c4)CC(O)CCC6(C)C5CCC32C)cc1. The van der Waals surface area contributed by atoms with Gasteiger partial charge >= 0.3 is 6.03 Å². The van der Waals surface area contributed by atoms with Gasteiger partial charge < -0.3 is 25.2 Å². The van der Waals surface area contributed by atoms with Crippen molar-refractivity contribution in [1.29, 1.82) is 0 Å². The van der Waals surface area contributed by atoms with Crippen LogP contribution < -0.4 is 10.1 Å². The van der Waals surface area contributed by atoms with E-state index in [0.717, 1.165) is 50.7 Å². The quantitative estimate of drug-likeness (QED) is 0.183. The van der Waals surface area contributed by atoms with Crippen molar-refractivity contribution in [2.45, 2.75) is 109 Å². The molecule has 2 aromatic rings. The molecule has 6 bridgehead atoms. The van der Waals surface area contributed by atoms with Gasteiger partial charge in [-0.15, -0.1) is 0 Å². The lowest BCUT2D eigenvalue weighted by Gasteiger charge is -2.71. The zero-order chi connectivity index (χ0) is 39.8. The lowest BCUT2D eigenvalue weighted by atomic mass is 9.32. The number of fused-ring (bicyclic) bond motifs is 1. The van der Waals surface area contributed by atoms with E-state index in [1.165, 1.54) is 25.3 Å². The summed E-state index contributed by atoms with van der Waals surface area (Å²) in [6.07, 6.45) is 18.0. The van der Waals surface area contributed by atoms with E-state index < -0.39 is 39.6 Å². The molecular formula is C48H58F2N2O5. The summed E-state index contributed by atoms with van der Waals surface area (Å²) >= 11 is 0. The van der Waals surface area contributed by atoms with E-state index in [9.17, 15) is 28.6 Å². The molecule has 10 aliphatic carbocycles. The van der Waals surface area contributed by atoms with Gasteiger partial charge in [-0.3, -0.25) is 4.79 Å². The molecule has 2 amide bonds. The third-order valence-electron chi connectivity index (χ3n) is 17.9. The van der Waals surface area contributed by atoms with Gasteiger partial charge in [-0.1, -0.05) is 32.1 Å². The maximum Gasteiger partial charge on any atom is 0.321 e. The predicted octanol–water partition coefficient (Wildman–Crippen LogP) is 9.50. The first-order valence-electron chi connectivity index (χ1n) is 21.7. The summed E-state index contributed by atoms with van der Waals surface area (Å²) in [5.74, 6) is 0.393. The van der Waals surface area contributed by atoms with Crippen molar-refractivity contribution in [1.82, 2.24) is 4.90 Å². The minimum absolute atomic E-state index is 0.0450. The van der Waals surface area contributed by atoms with Crippen molar-refractivity contribution in [2.24, 2.45) is 56.7 Å². The van der Waals surface area contributed by atoms with Crippen LogP contribution in [-0.4, -0.2) is 58.8 Å². The Morgan fingerprint density at radius 3 is 2.14 bits per heavy atom. The average molecular weight is 781 g/mol. The van der Waals surface area contributed by atoms with E-state index in [1.807, 2.05) is 29.2 Å². The number of aliphatic hydroxyl groups is 2. The van der Waals surface area contributed by atoms with Crippen molar-refractivity contribution >= 4 is 17.5 Å². The smallest absolute Gasteiger partial charge is 0.321 e. The van der Waals surface area contributed by atoms with Crippen LogP contribution >= 0.6 is 0 Å². The molecule has 2 aromatic carbocycles. The van der Waals surface area contributed by atoms with Crippen molar-refractivity contribution in [2.75, 3.05) is 25.5 Å². The highest BCUT2D eigenvalue weighted by molar-refractivity contribution is 6.10. The summed E-state index contributed by atoms with van der Waals surface area (Å²) < 4.78 is 34.3. The Kier molecular flexibility index (Phi) is 8.41. The van der Waals surface area contributed by atoms with Crippen molar-refractivity contribution in [3.63, 3.8) is 0 Å². The topological polar surface area (TPSA) is 99.1 Å². The van der Waals surface area contributed by atoms with Crippen LogP contribution in [-0.2, 0) is 0 Å². The second-order valence-corrected chi connectivity index (χ2v) is 20.7. The molecule has 0 aromatic heterocycles. The molecule has 8 atom stereocenters. The van der Waals surface area contributed by atoms with Gasteiger partial charge in [0.25, 0.3) is 0 Å². The molecule has 0 heterocycles. The Morgan fingerprint density at radius 2 is 1.47 bits per heavy atom. The summed E-state index contributed by atoms with van der Waals surface area (Å²) in [7, 11) is 1.62. The molecule has 9 heteroatoms. The van der Waals surface area contributed by atoms with Gasteiger partial charge in [0.05, 0.1) is 25.4 Å².